The number of benzene rings is 3. The summed E-state index contributed by atoms with van der Waals surface area (Å²) in [5.41, 5.74) is 10.9. The first kappa shape index (κ1) is 12.3. The Morgan fingerprint density at radius 3 is 2.43 bits per heavy atom. The molecule has 0 amide bonds. The molecule has 0 fully saturated rings. The van der Waals surface area contributed by atoms with Crippen molar-refractivity contribution in [2.75, 3.05) is 5.73 Å². The first-order valence-electron chi connectivity index (χ1n) is 6.79. The summed E-state index contributed by atoms with van der Waals surface area (Å²) in [4.78, 5) is 3.48. The van der Waals surface area contributed by atoms with Crippen molar-refractivity contribution >= 4 is 39.1 Å². The molecule has 2 nitrogen and oxygen atoms in total. The minimum Gasteiger partial charge on any atom is -0.399 e. The Bertz CT molecular complexity index is 952. The molecule has 3 N–H and O–H groups in total. The molecule has 0 aliphatic heterocycles. The van der Waals surface area contributed by atoms with Crippen LogP contribution in [0.4, 0.5) is 5.69 Å². The number of halogens is 1. The van der Waals surface area contributed by atoms with E-state index in [0.717, 1.165) is 43.6 Å². The van der Waals surface area contributed by atoms with Gasteiger partial charge in [-0.25, -0.2) is 0 Å². The van der Waals surface area contributed by atoms with Gasteiger partial charge in [0.25, 0.3) is 0 Å². The van der Waals surface area contributed by atoms with Gasteiger partial charge < -0.3 is 10.7 Å². The average Bonchev–Trinajstić information content (AvgIpc) is 2.89. The molecule has 0 aliphatic carbocycles. The average molecular weight is 293 g/mol. The number of nitrogens with one attached hydrogen (secondary N) is 1. The van der Waals surface area contributed by atoms with E-state index in [0.29, 0.717) is 0 Å². The molecule has 3 aromatic carbocycles. The number of aromatic nitrogens is 1. The van der Waals surface area contributed by atoms with Gasteiger partial charge >= 0.3 is 0 Å². The zero-order chi connectivity index (χ0) is 14.4. The Labute approximate surface area is 127 Å². The van der Waals surface area contributed by atoms with Crippen LogP contribution in [0.1, 0.15) is 0 Å². The van der Waals surface area contributed by atoms with Gasteiger partial charge in [-0.15, -0.1) is 0 Å². The van der Waals surface area contributed by atoms with Crippen molar-refractivity contribution in [3.8, 4) is 11.1 Å². The van der Waals surface area contributed by atoms with Crippen LogP contribution in [-0.4, -0.2) is 4.98 Å². The van der Waals surface area contributed by atoms with Gasteiger partial charge in [0.15, 0.2) is 0 Å². The summed E-state index contributed by atoms with van der Waals surface area (Å²) in [5.74, 6) is 0. The van der Waals surface area contributed by atoms with E-state index in [-0.39, 0.29) is 0 Å². The van der Waals surface area contributed by atoms with E-state index >= 15 is 0 Å². The van der Waals surface area contributed by atoms with Gasteiger partial charge in [0.2, 0.25) is 0 Å². The molecule has 4 rings (SSSR count). The van der Waals surface area contributed by atoms with Gasteiger partial charge in [-0.1, -0.05) is 48.0 Å². The molecule has 0 aliphatic rings. The number of hydrogen-bond donors (Lipinski definition) is 2. The molecule has 0 bridgehead atoms. The molecule has 1 aromatic heterocycles. The van der Waals surface area contributed by atoms with Crippen molar-refractivity contribution in [1.82, 2.24) is 4.98 Å². The van der Waals surface area contributed by atoms with Crippen molar-refractivity contribution in [2.45, 2.75) is 0 Å². The predicted molar refractivity (Wildman–Crippen MR) is 90.7 cm³/mol. The van der Waals surface area contributed by atoms with Crippen molar-refractivity contribution in [2.24, 2.45) is 0 Å². The Kier molecular flexibility index (Phi) is 2.66. The topological polar surface area (TPSA) is 41.8 Å². The van der Waals surface area contributed by atoms with E-state index in [1.807, 2.05) is 48.5 Å². The SMILES string of the molecule is Nc1ccc(-c2ccc(Cl)c3c2[nH]c2ccccc23)cc1. The van der Waals surface area contributed by atoms with E-state index in [2.05, 4.69) is 17.1 Å². The minimum atomic E-state index is 0.764. The third-order valence-electron chi connectivity index (χ3n) is 3.83. The number of para-hydroxylation sites is 1. The molecule has 4 aromatic rings. The third kappa shape index (κ3) is 1.88. The van der Waals surface area contributed by atoms with Crippen LogP contribution in [0, 0.1) is 0 Å². The largest absolute Gasteiger partial charge is 0.399 e. The summed E-state index contributed by atoms with van der Waals surface area (Å²) in [6.07, 6.45) is 0. The van der Waals surface area contributed by atoms with Crippen molar-refractivity contribution < 1.29 is 0 Å². The second-order valence-corrected chi connectivity index (χ2v) is 5.54. The fraction of sp³-hybridized carbons (Fsp3) is 0. The molecule has 0 radical (unpaired) electrons. The Hall–Kier alpha value is -2.45. The maximum Gasteiger partial charge on any atom is 0.0559 e. The van der Waals surface area contributed by atoms with Crippen LogP contribution in [0.15, 0.2) is 60.7 Å². The number of nitrogen functional groups attached to an aromatic ring is 1. The maximum atomic E-state index is 6.42. The Morgan fingerprint density at radius 1 is 0.857 bits per heavy atom. The second kappa shape index (κ2) is 4.54. The van der Waals surface area contributed by atoms with Gasteiger partial charge in [-0.2, -0.15) is 0 Å². The highest BCUT2D eigenvalue weighted by Crippen LogP contribution is 2.37. The number of rotatable bonds is 1. The highest BCUT2D eigenvalue weighted by atomic mass is 35.5. The van der Waals surface area contributed by atoms with E-state index in [1.165, 1.54) is 0 Å². The number of fused-ring (bicyclic) bond motifs is 3. The second-order valence-electron chi connectivity index (χ2n) is 5.14. The van der Waals surface area contributed by atoms with Gasteiger partial charge in [0, 0.05) is 27.5 Å². The number of aromatic amines is 1. The molecule has 0 atom stereocenters. The molecule has 0 unspecified atom stereocenters. The molecular formula is C18H13ClN2. The summed E-state index contributed by atoms with van der Waals surface area (Å²) >= 11 is 6.42. The van der Waals surface area contributed by atoms with E-state index in [1.54, 1.807) is 0 Å². The quantitative estimate of drug-likeness (QED) is 0.464. The molecule has 0 spiro atoms. The van der Waals surface area contributed by atoms with Crippen LogP contribution in [-0.2, 0) is 0 Å². The zero-order valence-corrected chi connectivity index (χ0v) is 12.0. The molecule has 21 heavy (non-hydrogen) atoms. The van der Waals surface area contributed by atoms with E-state index in [9.17, 15) is 0 Å². The van der Waals surface area contributed by atoms with Gasteiger partial charge in [-0.3, -0.25) is 0 Å². The highest BCUT2D eigenvalue weighted by Gasteiger charge is 2.12. The number of nitrogens with two attached hydrogens (primary N) is 1. The fourth-order valence-electron chi connectivity index (χ4n) is 2.82. The fourth-order valence-corrected chi connectivity index (χ4v) is 3.08. The lowest BCUT2D eigenvalue weighted by Crippen LogP contribution is -1.85. The molecule has 3 heteroatoms. The summed E-state index contributed by atoms with van der Waals surface area (Å²) in [5, 5.41) is 2.98. The van der Waals surface area contributed by atoms with Crippen LogP contribution in [0.3, 0.4) is 0 Å². The van der Waals surface area contributed by atoms with Crippen molar-refractivity contribution in [1.29, 1.82) is 0 Å². The van der Waals surface area contributed by atoms with Gasteiger partial charge in [0.05, 0.1) is 10.5 Å². The van der Waals surface area contributed by atoms with E-state index in [4.69, 9.17) is 17.3 Å². The molecule has 1 heterocycles. The number of anilines is 1. The molecular weight excluding hydrogens is 280 g/mol. The lowest BCUT2D eigenvalue weighted by molar-refractivity contribution is 1.53. The van der Waals surface area contributed by atoms with E-state index < -0.39 is 0 Å². The standard InChI is InChI=1S/C18H13ClN2/c19-15-10-9-13(11-5-7-12(20)8-6-11)18-17(15)14-3-1-2-4-16(14)21-18/h1-10,21H,20H2. The smallest absolute Gasteiger partial charge is 0.0559 e. The molecule has 0 saturated carbocycles. The summed E-state index contributed by atoms with van der Waals surface area (Å²) in [6, 6.07) is 20.1. The van der Waals surface area contributed by atoms with Crippen LogP contribution in [0.25, 0.3) is 32.9 Å². The first-order chi connectivity index (χ1) is 10.2. The number of H-pyrrole nitrogens is 1. The maximum absolute atomic E-state index is 6.42. The molecule has 102 valence electrons. The zero-order valence-electron chi connectivity index (χ0n) is 11.2. The lowest BCUT2D eigenvalue weighted by Gasteiger charge is -2.05. The lowest BCUT2D eigenvalue weighted by atomic mass is 10.0. The van der Waals surface area contributed by atoms with Crippen molar-refractivity contribution in [3.63, 3.8) is 0 Å². The first-order valence-corrected chi connectivity index (χ1v) is 7.17. The van der Waals surface area contributed by atoms with Crippen LogP contribution in [0.5, 0.6) is 0 Å². The predicted octanol–water partition coefficient (Wildman–Crippen LogP) is 5.22. The van der Waals surface area contributed by atoms with Crippen LogP contribution in [0.2, 0.25) is 5.02 Å². The normalized spacial score (nSPS) is 11.3. The van der Waals surface area contributed by atoms with Crippen LogP contribution >= 0.6 is 11.6 Å². The summed E-state index contributed by atoms with van der Waals surface area (Å²) < 4.78 is 0. The van der Waals surface area contributed by atoms with Gasteiger partial charge in [0.1, 0.15) is 0 Å². The highest BCUT2D eigenvalue weighted by molar-refractivity contribution is 6.38. The van der Waals surface area contributed by atoms with Crippen molar-refractivity contribution in [3.05, 3.63) is 65.7 Å². The summed E-state index contributed by atoms with van der Waals surface area (Å²) in [7, 11) is 0. The third-order valence-corrected chi connectivity index (χ3v) is 4.15. The number of hydrogen-bond acceptors (Lipinski definition) is 1. The Balaban J connectivity index is 2.11. The monoisotopic (exact) mass is 292 g/mol. The molecule has 0 saturated heterocycles. The van der Waals surface area contributed by atoms with Gasteiger partial charge in [-0.05, 0) is 29.8 Å². The van der Waals surface area contributed by atoms with Crippen LogP contribution < -0.4 is 5.73 Å². The minimum absolute atomic E-state index is 0.764. The summed E-state index contributed by atoms with van der Waals surface area (Å²) in [6.45, 7) is 0. The Morgan fingerprint density at radius 2 is 1.62 bits per heavy atom.